The smallest absolute Gasteiger partial charge is 0.251 e. The van der Waals surface area contributed by atoms with Crippen molar-refractivity contribution in [3.8, 4) is 11.4 Å². The summed E-state index contributed by atoms with van der Waals surface area (Å²) in [6, 6.07) is 14.1. The van der Waals surface area contributed by atoms with E-state index in [9.17, 15) is 13.2 Å². The standard InChI is InChI=1S/C21H24N4O4S/c1-4-25(30(27,28)5-2)18-11-9-16(10-12-18)21(26)22-14-19-23-20(24-29-19)17-8-6-7-15(3)13-17/h6-13H,4-5,14H2,1-3H3,(H,22,26). The molecule has 3 aromatic rings. The molecule has 2 aromatic carbocycles. The van der Waals surface area contributed by atoms with Crippen molar-refractivity contribution in [2.24, 2.45) is 0 Å². The molecule has 0 bridgehead atoms. The molecule has 1 aromatic heterocycles. The topological polar surface area (TPSA) is 105 Å². The van der Waals surface area contributed by atoms with E-state index in [1.165, 1.54) is 4.31 Å². The van der Waals surface area contributed by atoms with Crippen molar-refractivity contribution in [2.75, 3.05) is 16.6 Å². The van der Waals surface area contributed by atoms with Crippen molar-refractivity contribution < 1.29 is 17.7 Å². The molecular formula is C21H24N4O4S. The highest BCUT2D eigenvalue weighted by molar-refractivity contribution is 7.92. The largest absolute Gasteiger partial charge is 0.343 e. The third-order valence-corrected chi connectivity index (χ3v) is 6.42. The van der Waals surface area contributed by atoms with Crippen molar-refractivity contribution in [1.82, 2.24) is 15.5 Å². The van der Waals surface area contributed by atoms with Gasteiger partial charge in [-0.3, -0.25) is 9.10 Å². The number of sulfonamides is 1. The summed E-state index contributed by atoms with van der Waals surface area (Å²) in [5, 5.41) is 6.68. The average Bonchev–Trinajstić information content (AvgIpc) is 3.22. The Kier molecular flexibility index (Phi) is 6.51. The second kappa shape index (κ2) is 9.08. The monoisotopic (exact) mass is 428 g/mol. The third kappa shape index (κ3) is 4.85. The first-order valence-corrected chi connectivity index (χ1v) is 11.2. The number of rotatable bonds is 8. The number of anilines is 1. The van der Waals surface area contributed by atoms with Gasteiger partial charge in [-0.2, -0.15) is 4.98 Å². The molecule has 158 valence electrons. The Hall–Kier alpha value is -3.20. The van der Waals surface area contributed by atoms with Crippen LogP contribution in [0.5, 0.6) is 0 Å². The molecule has 1 heterocycles. The molecule has 0 saturated heterocycles. The molecule has 0 spiro atoms. The van der Waals surface area contributed by atoms with Gasteiger partial charge in [-0.05, 0) is 51.1 Å². The second-order valence-corrected chi connectivity index (χ2v) is 8.86. The third-order valence-electron chi connectivity index (χ3n) is 4.55. The lowest BCUT2D eigenvalue weighted by molar-refractivity contribution is 0.0946. The van der Waals surface area contributed by atoms with E-state index in [-0.39, 0.29) is 18.2 Å². The molecule has 0 atom stereocenters. The molecule has 0 aliphatic heterocycles. The first kappa shape index (κ1) is 21.5. The number of nitrogens with zero attached hydrogens (tertiary/aromatic N) is 3. The molecule has 3 rings (SSSR count). The van der Waals surface area contributed by atoms with Crippen LogP contribution in [-0.2, 0) is 16.6 Å². The molecule has 8 nitrogen and oxygen atoms in total. The van der Waals surface area contributed by atoms with E-state index < -0.39 is 10.0 Å². The number of carbonyl (C=O) groups excluding carboxylic acids is 1. The van der Waals surface area contributed by atoms with Gasteiger partial charge in [0.15, 0.2) is 0 Å². The molecule has 30 heavy (non-hydrogen) atoms. The van der Waals surface area contributed by atoms with Gasteiger partial charge in [-0.1, -0.05) is 28.9 Å². The van der Waals surface area contributed by atoms with Crippen LogP contribution in [0.2, 0.25) is 0 Å². The van der Waals surface area contributed by atoms with E-state index in [1.807, 2.05) is 31.2 Å². The lowest BCUT2D eigenvalue weighted by Crippen LogP contribution is -2.32. The van der Waals surface area contributed by atoms with Crippen LogP contribution in [0, 0.1) is 6.92 Å². The van der Waals surface area contributed by atoms with Gasteiger partial charge < -0.3 is 9.84 Å². The number of amides is 1. The Bertz CT molecular complexity index is 1120. The predicted octanol–water partition coefficient (Wildman–Crippen LogP) is 3.15. The Morgan fingerprint density at radius 3 is 2.50 bits per heavy atom. The molecule has 1 amide bonds. The van der Waals surface area contributed by atoms with Gasteiger partial charge in [-0.25, -0.2) is 8.42 Å². The van der Waals surface area contributed by atoms with Gasteiger partial charge in [0.1, 0.15) is 0 Å². The SMILES string of the molecule is CCN(c1ccc(C(=O)NCc2nc(-c3cccc(C)c3)no2)cc1)S(=O)(=O)CC. The van der Waals surface area contributed by atoms with Gasteiger partial charge >= 0.3 is 0 Å². The van der Waals surface area contributed by atoms with Gasteiger partial charge in [0.05, 0.1) is 18.0 Å². The maximum atomic E-state index is 12.4. The van der Waals surface area contributed by atoms with Crippen LogP contribution in [0.1, 0.15) is 35.7 Å². The van der Waals surface area contributed by atoms with Crippen LogP contribution in [0.3, 0.4) is 0 Å². The maximum Gasteiger partial charge on any atom is 0.251 e. The van der Waals surface area contributed by atoms with Crippen LogP contribution in [-0.4, -0.2) is 36.8 Å². The first-order valence-electron chi connectivity index (χ1n) is 9.62. The summed E-state index contributed by atoms with van der Waals surface area (Å²) in [5.74, 6) is 0.447. The Morgan fingerprint density at radius 1 is 1.13 bits per heavy atom. The summed E-state index contributed by atoms with van der Waals surface area (Å²) < 4.78 is 30.8. The van der Waals surface area contributed by atoms with Crippen molar-refractivity contribution in [3.63, 3.8) is 0 Å². The zero-order valence-corrected chi connectivity index (χ0v) is 17.9. The number of hydrogen-bond donors (Lipinski definition) is 1. The van der Waals surface area contributed by atoms with Crippen molar-refractivity contribution in [1.29, 1.82) is 0 Å². The number of aryl methyl sites for hydroxylation is 1. The molecule has 0 radical (unpaired) electrons. The summed E-state index contributed by atoms with van der Waals surface area (Å²) >= 11 is 0. The summed E-state index contributed by atoms with van der Waals surface area (Å²) in [7, 11) is -3.36. The second-order valence-electron chi connectivity index (χ2n) is 6.68. The summed E-state index contributed by atoms with van der Waals surface area (Å²) in [4.78, 5) is 16.7. The normalized spacial score (nSPS) is 11.3. The molecule has 0 fully saturated rings. The van der Waals surface area contributed by atoms with Gasteiger partial charge in [0.25, 0.3) is 5.91 Å². The number of nitrogens with one attached hydrogen (secondary N) is 1. The first-order chi connectivity index (χ1) is 14.3. The van der Waals surface area contributed by atoms with E-state index in [0.29, 0.717) is 29.5 Å². The number of benzene rings is 2. The van der Waals surface area contributed by atoms with E-state index in [0.717, 1.165) is 11.1 Å². The number of aromatic nitrogens is 2. The number of carbonyl (C=O) groups is 1. The van der Waals surface area contributed by atoms with Crippen LogP contribution in [0.25, 0.3) is 11.4 Å². The fourth-order valence-corrected chi connectivity index (χ4v) is 4.11. The van der Waals surface area contributed by atoms with Crippen molar-refractivity contribution >= 4 is 21.6 Å². The lowest BCUT2D eigenvalue weighted by Gasteiger charge is -2.22. The fourth-order valence-electron chi connectivity index (χ4n) is 2.96. The zero-order chi connectivity index (χ0) is 21.7. The fraction of sp³-hybridized carbons (Fsp3) is 0.286. The molecule has 0 aliphatic carbocycles. The highest BCUT2D eigenvalue weighted by Crippen LogP contribution is 2.19. The minimum Gasteiger partial charge on any atom is -0.343 e. The van der Waals surface area contributed by atoms with E-state index >= 15 is 0 Å². The van der Waals surface area contributed by atoms with Crippen LogP contribution in [0.15, 0.2) is 53.1 Å². The van der Waals surface area contributed by atoms with Gasteiger partial charge in [0.2, 0.25) is 21.7 Å². The Balaban J connectivity index is 1.64. The lowest BCUT2D eigenvalue weighted by atomic mass is 10.1. The highest BCUT2D eigenvalue weighted by atomic mass is 32.2. The summed E-state index contributed by atoms with van der Waals surface area (Å²) in [6.45, 7) is 5.76. The number of hydrogen-bond acceptors (Lipinski definition) is 6. The van der Waals surface area contributed by atoms with E-state index in [2.05, 4.69) is 15.5 Å². The average molecular weight is 429 g/mol. The minimum absolute atomic E-state index is 0.0117. The molecule has 0 saturated carbocycles. The van der Waals surface area contributed by atoms with E-state index in [4.69, 9.17) is 4.52 Å². The van der Waals surface area contributed by atoms with Gasteiger partial charge in [0, 0.05) is 17.7 Å². The van der Waals surface area contributed by atoms with Crippen molar-refractivity contribution in [3.05, 3.63) is 65.5 Å². The summed E-state index contributed by atoms with van der Waals surface area (Å²) in [6.07, 6.45) is 0. The van der Waals surface area contributed by atoms with Crippen LogP contribution in [0.4, 0.5) is 5.69 Å². The zero-order valence-electron chi connectivity index (χ0n) is 17.1. The molecule has 9 heteroatoms. The molecular weight excluding hydrogens is 404 g/mol. The van der Waals surface area contributed by atoms with E-state index in [1.54, 1.807) is 38.1 Å². The van der Waals surface area contributed by atoms with Gasteiger partial charge in [-0.15, -0.1) is 0 Å². The quantitative estimate of drug-likeness (QED) is 0.591. The molecule has 1 N–H and O–H groups in total. The predicted molar refractivity (Wildman–Crippen MR) is 115 cm³/mol. The highest BCUT2D eigenvalue weighted by Gasteiger charge is 2.19. The van der Waals surface area contributed by atoms with Crippen molar-refractivity contribution in [2.45, 2.75) is 27.3 Å². The Morgan fingerprint density at radius 2 is 1.87 bits per heavy atom. The molecule has 0 aliphatic rings. The van der Waals surface area contributed by atoms with Crippen LogP contribution >= 0.6 is 0 Å². The summed E-state index contributed by atoms with van der Waals surface area (Å²) in [5.41, 5.74) is 2.86. The minimum atomic E-state index is -3.36. The Labute approximate surface area is 176 Å². The molecule has 0 unspecified atom stereocenters. The maximum absolute atomic E-state index is 12.4. The van der Waals surface area contributed by atoms with Crippen LogP contribution < -0.4 is 9.62 Å².